The first-order valence-electron chi connectivity index (χ1n) is 9.14. The van der Waals surface area contributed by atoms with E-state index in [0.29, 0.717) is 28.1 Å². The SMILES string of the molecule is O=C1c2oc3ccccc3c(=O)c2C(c2cccc(Cl)c2)N1Cc1cccnc1. The number of aromatic nitrogens is 1. The van der Waals surface area contributed by atoms with E-state index in [9.17, 15) is 9.59 Å². The van der Waals surface area contributed by atoms with Crippen molar-refractivity contribution in [1.29, 1.82) is 0 Å². The summed E-state index contributed by atoms with van der Waals surface area (Å²) in [5.41, 5.74) is 2.17. The van der Waals surface area contributed by atoms with Crippen molar-refractivity contribution in [2.24, 2.45) is 0 Å². The number of amides is 1. The first kappa shape index (κ1) is 17.6. The highest BCUT2D eigenvalue weighted by molar-refractivity contribution is 6.30. The summed E-state index contributed by atoms with van der Waals surface area (Å²) >= 11 is 6.21. The normalized spacial score (nSPS) is 15.7. The van der Waals surface area contributed by atoms with E-state index in [-0.39, 0.29) is 17.1 Å². The number of para-hydroxylation sites is 1. The molecule has 2 aromatic carbocycles. The number of nitrogens with zero attached hydrogens (tertiary/aromatic N) is 2. The molecule has 0 aliphatic carbocycles. The summed E-state index contributed by atoms with van der Waals surface area (Å²) in [6, 6.07) is 17.3. The quantitative estimate of drug-likeness (QED) is 0.503. The second-order valence-corrected chi connectivity index (χ2v) is 7.36. The zero-order chi connectivity index (χ0) is 20.0. The average molecular weight is 403 g/mol. The number of hydrogen-bond donors (Lipinski definition) is 0. The molecule has 3 heterocycles. The number of rotatable bonds is 3. The molecule has 1 aliphatic heterocycles. The maximum Gasteiger partial charge on any atom is 0.291 e. The van der Waals surface area contributed by atoms with E-state index in [4.69, 9.17) is 16.0 Å². The predicted molar refractivity (Wildman–Crippen MR) is 110 cm³/mol. The van der Waals surface area contributed by atoms with Gasteiger partial charge in [0.2, 0.25) is 5.76 Å². The predicted octanol–water partition coefficient (Wildman–Crippen LogP) is 4.59. The van der Waals surface area contributed by atoms with E-state index < -0.39 is 6.04 Å². The Morgan fingerprint density at radius 2 is 1.90 bits per heavy atom. The van der Waals surface area contributed by atoms with Gasteiger partial charge in [0.1, 0.15) is 5.58 Å². The van der Waals surface area contributed by atoms with Gasteiger partial charge in [0, 0.05) is 24.0 Å². The highest BCUT2D eigenvalue weighted by atomic mass is 35.5. The van der Waals surface area contributed by atoms with Gasteiger partial charge in [-0.15, -0.1) is 0 Å². The van der Waals surface area contributed by atoms with Gasteiger partial charge in [0.05, 0.1) is 17.0 Å². The second kappa shape index (κ2) is 6.87. The van der Waals surface area contributed by atoms with Crippen LogP contribution in [0.3, 0.4) is 0 Å². The van der Waals surface area contributed by atoms with Crippen molar-refractivity contribution in [3.63, 3.8) is 0 Å². The molecule has 0 saturated heterocycles. The summed E-state index contributed by atoms with van der Waals surface area (Å²) in [7, 11) is 0. The lowest BCUT2D eigenvalue weighted by Gasteiger charge is -2.25. The molecule has 1 atom stereocenters. The molecule has 0 saturated carbocycles. The Morgan fingerprint density at radius 3 is 2.69 bits per heavy atom. The number of fused-ring (bicyclic) bond motifs is 2. The number of halogens is 1. The minimum absolute atomic E-state index is 0.0857. The molecular formula is C23H15ClN2O3. The van der Waals surface area contributed by atoms with Crippen molar-refractivity contribution in [1.82, 2.24) is 9.88 Å². The van der Waals surface area contributed by atoms with E-state index in [1.54, 1.807) is 53.7 Å². The van der Waals surface area contributed by atoms with Crippen LogP contribution in [-0.2, 0) is 6.54 Å². The molecule has 6 heteroatoms. The van der Waals surface area contributed by atoms with E-state index in [1.807, 2.05) is 24.3 Å². The van der Waals surface area contributed by atoms with E-state index in [0.717, 1.165) is 11.1 Å². The molecule has 29 heavy (non-hydrogen) atoms. The number of benzene rings is 2. The van der Waals surface area contributed by atoms with E-state index in [1.165, 1.54) is 0 Å². The third-order valence-corrected chi connectivity index (χ3v) is 5.35. The number of pyridine rings is 1. The fourth-order valence-electron chi connectivity index (χ4n) is 3.84. The molecule has 1 aliphatic rings. The topological polar surface area (TPSA) is 63.4 Å². The van der Waals surface area contributed by atoms with Gasteiger partial charge < -0.3 is 9.32 Å². The molecule has 4 aromatic rings. The standard InChI is InChI=1S/C23H15ClN2O3/c24-16-7-3-6-15(11-16)20-19-21(27)17-8-1-2-9-18(17)29-22(19)23(28)26(20)13-14-5-4-10-25-12-14/h1-12,20H,13H2. The van der Waals surface area contributed by atoms with Crippen molar-refractivity contribution in [3.05, 3.63) is 111 Å². The highest BCUT2D eigenvalue weighted by Crippen LogP contribution is 2.39. The van der Waals surface area contributed by atoms with Gasteiger partial charge in [0.15, 0.2) is 5.43 Å². The molecule has 0 radical (unpaired) electrons. The third kappa shape index (κ3) is 2.91. The molecular weight excluding hydrogens is 388 g/mol. The largest absolute Gasteiger partial charge is 0.450 e. The summed E-state index contributed by atoms with van der Waals surface area (Å²) < 4.78 is 5.91. The van der Waals surface area contributed by atoms with Crippen LogP contribution in [0.5, 0.6) is 0 Å². The van der Waals surface area contributed by atoms with Gasteiger partial charge in [-0.1, -0.05) is 41.9 Å². The molecule has 0 N–H and O–H groups in total. The lowest BCUT2D eigenvalue weighted by molar-refractivity contribution is 0.0714. The smallest absolute Gasteiger partial charge is 0.291 e. The molecule has 1 amide bonds. The maximum atomic E-state index is 13.3. The summed E-state index contributed by atoms with van der Waals surface area (Å²) in [6.45, 7) is 0.295. The molecule has 5 rings (SSSR count). The summed E-state index contributed by atoms with van der Waals surface area (Å²) in [4.78, 5) is 32.4. The molecule has 0 spiro atoms. The molecule has 0 bridgehead atoms. The lowest BCUT2D eigenvalue weighted by Crippen LogP contribution is -2.29. The van der Waals surface area contributed by atoms with E-state index in [2.05, 4.69) is 4.98 Å². The van der Waals surface area contributed by atoms with Crippen LogP contribution in [0.25, 0.3) is 11.0 Å². The van der Waals surface area contributed by atoms with Crippen molar-refractivity contribution >= 4 is 28.5 Å². The van der Waals surface area contributed by atoms with Crippen molar-refractivity contribution in [2.75, 3.05) is 0 Å². The molecule has 142 valence electrons. The van der Waals surface area contributed by atoms with Crippen LogP contribution >= 0.6 is 11.6 Å². The van der Waals surface area contributed by atoms with Gasteiger partial charge in [0.25, 0.3) is 5.91 Å². The van der Waals surface area contributed by atoms with Gasteiger partial charge in [-0.2, -0.15) is 0 Å². The van der Waals surface area contributed by atoms with Gasteiger partial charge in [-0.05, 0) is 41.5 Å². The number of carbonyl (C=O) groups is 1. The summed E-state index contributed by atoms with van der Waals surface area (Å²) in [6.07, 6.45) is 3.38. The Balaban J connectivity index is 1.74. The van der Waals surface area contributed by atoms with Crippen molar-refractivity contribution < 1.29 is 9.21 Å². The molecule has 2 aromatic heterocycles. The Kier molecular flexibility index (Phi) is 4.18. The summed E-state index contributed by atoms with van der Waals surface area (Å²) in [5, 5.41) is 0.990. The Morgan fingerprint density at radius 1 is 1.03 bits per heavy atom. The van der Waals surface area contributed by atoms with Crippen LogP contribution in [0.2, 0.25) is 5.02 Å². The third-order valence-electron chi connectivity index (χ3n) is 5.11. The fraction of sp³-hybridized carbons (Fsp3) is 0.0870. The van der Waals surface area contributed by atoms with Gasteiger partial charge >= 0.3 is 0 Å². The fourth-order valence-corrected chi connectivity index (χ4v) is 4.04. The zero-order valence-corrected chi connectivity index (χ0v) is 16.0. The number of hydrogen-bond acceptors (Lipinski definition) is 4. The Bertz CT molecular complexity index is 1300. The van der Waals surface area contributed by atoms with Crippen LogP contribution in [0.15, 0.2) is 82.3 Å². The van der Waals surface area contributed by atoms with Gasteiger partial charge in [-0.3, -0.25) is 14.6 Å². The lowest BCUT2D eigenvalue weighted by atomic mass is 9.98. The van der Waals surface area contributed by atoms with Crippen LogP contribution in [0, 0.1) is 0 Å². The van der Waals surface area contributed by atoms with Gasteiger partial charge in [-0.25, -0.2) is 0 Å². The molecule has 1 unspecified atom stereocenters. The minimum Gasteiger partial charge on any atom is -0.450 e. The first-order chi connectivity index (χ1) is 14.1. The van der Waals surface area contributed by atoms with Crippen molar-refractivity contribution in [2.45, 2.75) is 12.6 Å². The first-order valence-corrected chi connectivity index (χ1v) is 9.52. The monoisotopic (exact) mass is 402 g/mol. The van der Waals surface area contributed by atoms with Crippen LogP contribution in [-0.4, -0.2) is 15.8 Å². The number of carbonyl (C=O) groups excluding carboxylic acids is 1. The van der Waals surface area contributed by atoms with Crippen LogP contribution in [0.4, 0.5) is 0 Å². The Hall–Kier alpha value is -3.44. The average Bonchev–Trinajstić information content (AvgIpc) is 3.01. The van der Waals surface area contributed by atoms with Crippen LogP contribution < -0.4 is 5.43 Å². The van der Waals surface area contributed by atoms with E-state index >= 15 is 0 Å². The molecule has 5 nitrogen and oxygen atoms in total. The summed E-state index contributed by atoms with van der Waals surface area (Å²) in [5.74, 6) is -0.237. The highest BCUT2D eigenvalue weighted by Gasteiger charge is 2.42. The second-order valence-electron chi connectivity index (χ2n) is 6.92. The maximum absolute atomic E-state index is 13.3. The molecule has 0 fully saturated rings. The van der Waals surface area contributed by atoms with Crippen molar-refractivity contribution in [3.8, 4) is 0 Å². The Labute approximate surface area is 171 Å². The van der Waals surface area contributed by atoms with Crippen LogP contribution in [0.1, 0.15) is 33.3 Å². The zero-order valence-electron chi connectivity index (χ0n) is 15.2. The minimum atomic E-state index is -0.586.